The lowest BCUT2D eigenvalue weighted by atomic mass is 10.1. The Labute approximate surface area is 287 Å². The summed E-state index contributed by atoms with van der Waals surface area (Å²) in [4.78, 5) is 42.4. The Morgan fingerprint density at radius 2 is 1.98 bits per heavy atom. The minimum absolute atomic E-state index is 0.222. The number of carbonyl (C=O) groups excluding carboxylic acids is 3. The molecule has 1 aliphatic heterocycles. The van der Waals surface area contributed by atoms with E-state index in [9.17, 15) is 22.8 Å². The zero-order valence-corrected chi connectivity index (χ0v) is 29.6. The van der Waals surface area contributed by atoms with E-state index in [0.717, 1.165) is 24.6 Å². The molecule has 15 heteroatoms. The molecule has 48 heavy (non-hydrogen) atoms. The Morgan fingerprint density at radius 3 is 2.56 bits per heavy atom. The van der Waals surface area contributed by atoms with Gasteiger partial charge in [-0.3, -0.25) is 23.7 Å². The molecule has 13 nitrogen and oxygen atoms in total. The van der Waals surface area contributed by atoms with Gasteiger partial charge in [-0.15, -0.1) is 11.3 Å². The minimum atomic E-state index is -3.70. The van der Waals surface area contributed by atoms with Crippen LogP contribution in [-0.2, 0) is 21.4 Å². The van der Waals surface area contributed by atoms with E-state index >= 15 is 0 Å². The molecule has 0 radical (unpaired) electrons. The summed E-state index contributed by atoms with van der Waals surface area (Å²) in [6.07, 6.45) is 8.83. The summed E-state index contributed by atoms with van der Waals surface area (Å²) in [5, 5.41) is 14.0. The number of benzene rings is 1. The van der Waals surface area contributed by atoms with Crippen molar-refractivity contribution < 1.29 is 22.8 Å². The smallest absolute Gasteiger partial charge is 0.301 e. The van der Waals surface area contributed by atoms with Crippen molar-refractivity contribution in [3.63, 3.8) is 0 Å². The Morgan fingerprint density at radius 1 is 1.19 bits per heavy atom. The van der Waals surface area contributed by atoms with Gasteiger partial charge in [0.15, 0.2) is 0 Å². The fraction of sp³-hybridized carbons (Fsp3) is 0.485. The lowest BCUT2D eigenvalue weighted by Crippen LogP contribution is -2.47. The molecule has 5 N–H and O–H groups in total. The average molecular weight is 701 g/mol. The van der Waals surface area contributed by atoms with Gasteiger partial charge in [-0.25, -0.2) is 4.98 Å². The number of amides is 2. The molecule has 1 aromatic carbocycles. The summed E-state index contributed by atoms with van der Waals surface area (Å²) in [6, 6.07) is 8.87. The highest BCUT2D eigenvalue weighted by Gasteiger charge is 2.27. The summed E-state index contributed by atoms with van der Waals surface area (Å²) in [5.74, 6) is 0.434. The molecule has 2 aromatic heterocycles. The third-order valence-electron chi connectivity index (χ3n) is 7.59. The minimum Gasteiger partial charge on any atom is -0.358 e. The number of aldehydes is 1. The molecule has 3 heterocycles. The van der Waals surface area contributed by atoms with E-state index < -0.39 is 10.2 Å². The first-order chi connectivity index (χ1) is 23.1. The number of aromatic nitrogens is 2. The number of hydrogen-bond acceptors (Lipinski definition) is 10. The molecule has 0 bridgehead atoms. The van der Waals surface area contributed by atoms with Gasteiger partial charge in [0.1, 0.15) is 6.29 Å². The number of thiazole rings is 1. The SMILES string of the molecule is CC(C)NC[C@H](Cc1cscn1)NC(=O)c1cc(C=O)cc(N2CCCNS2(=O)=O)c1.CNC(C)c1cccnc1.O=CNCC1CC1. The van der Waals surface area contributed by atoms with Gasteiger partial charge in [0.05, 0.1) is 16.9 Å². The van der Waals surface area contributed by atoms with Crippen molar-refractivity contribution in [2.24, 2.45) is 5.92 Å². The second-order valence-corrected chi connectivity index (χ2v) is 14.3. The predicted octanol–water partition coefficient (Wildman–Crippen LogP) is 2.84. The first kappa shape index (κ1) is 38.7. The zero-order valence-electron chi connectivity index (χ0n) is 28.0. The predicted molar refractivity (Wildman–Crippen MR) is 189 cm³/mol. The molecule has 262 valence electrons. The van der Waals surface area contributed by atoms with E-state index in [2.05, 4.69) is 48.9 Å². The Kier molecular flexibility index (Phi) is 16.1. The third kappa shape index (κ3) is 13.4. The number of nitrogens with zero attached hydrogens (tertiary/aromatic N) is 3. The van der Waals surface area contributed by atoms with Crippen LogP contribution in [0.15, 0.2) is 53.6 Å². The fourth-order valence-electron chi connectivity index (χ4n) is 4.61. The van der Waals surface area contributed by atoms with Crippen LogP contribution in [0.2, 0.25) is 0 Å². The van der Waals surface area contributed by atoms with Crippen molar-refractivity contribution in [2.45, 2.75) is 64.6 Å². The number of rotatable bonds is 14. The first-order valence-corrected chi connectivity index (χ1v) is 18.5. The number of carbonyl (C=O) groups is 3. The van der Waals surface area contributed by atoms with Gasteiger partial charge < -0.3 is 21.3 Å². The van der Waals surface area contributed by atoms with Gasteiger partial charge in [0.2, 0.25) is 6.41 Å². The summed E-state index contributed by atoms with van der Waals surface area (Å²) < 4.78 is 28.4. The number of nitrogens with one attached hydrogen (secondary N) is 5. The largest absolute Gasteiger partial charge is 0.358 e. The van der Waals surface area contributed by atoms with E-state index in [1.165, 1.54) is 52.2 Å². The Hall–Kier alpha value is -3.76. The molecule has 1 aliphatic carbocycles. The third-order valence-corrected chi connectivity index (χ3v) is 9.77. The van der Waals surface area contributed by atoms with Crippen LogP contribution in [0.4, 0.5) is 5.69 Å². The summed E-state index contributed by atoms with van der Waals surface area (Å²) in [6.45, 7) is 8.24. The van der Waals surface area contributed by atoms with Crippen molar-refractivity contribution in [3.05, 3.63) is 76.0 Å². The highest BCUT2D eigenvalue weighted by Crippen LogP contribution is 2.27. The van der Waals surface area contributed by atoms with Gasteiger partial charge in [-0.1, -0.05) is 19.9 Å². The Balaban J connectivity index is 0.000000297. The second-order valence-electron chi connectivity index (χ2n) is 11.9. The molecule has 2 atom stereocenters. The highest BCUT2D eigenvalue weighted by molar-refractivity contribution is 7.90. The van der Waals surface area contributed by atoms with Crippen molar-refractivity contribution >= 4 is 45.8 Å². The molecule has 2 fully saturated rings. The van der Waals surface area contributed by atoms with Gasteiger partial charge in [-0.2, -0.15) is 13.1 Å². The van der Waals surface area contributed by atoms with Gasteiger partial charge in [0, 0.05) is 79.6 Å². The molecule has 1 saturated carbocycles. The van der Waals surface area contributed by atoms with Crippen LogP contribution in [0.1, 0.15) is 78.0 Å². The van der Waals surface area contributed by atoms with Crippen molar-refractivity contribution in [1.29, 1.82) is 0 Å². The zero-order chi connectivity index (χ0) is 34.9. The maximum Gasteiger partial charge on any atom is 0.301 e. The number of pyridine rings is 1. The van der Waals surface area contributed by atoms with Crippen LogP contribution < -0.4 is 30.3 Å². The van der Waals surface area contributed by atoms with Gasteiger partial charge in [-0.05, 0) is 69.0 Å². The topological polar surface area (TPSA) is 175 Å². The standard InChI is InChI=1S/C20H27N5O4S2.C8H12N2.C5H9NO/c1-14(2)21-10-17(9-18-12-30-13-22-18)24-20(27)16-6-15(11-26)7-19(8-16)25-5-3-4-23-31(25,28)29;1-7(9-2)8-4-3-5-10-6-8;7-4-6-3-5-1-2-5/h6-8,11-14,17,21,23H,3-5,9-10H2,1-2H3,(H,24,27);3-7,9H,1-2H3;4-5H,1-3H2,(H,6,7)/t17-;;/m0../s1. The quantitative estimate of drug-likeness (QED) is 0.159. The lowest BCUT2D eigenvalue weighted by Gasteiger charge is -2.29. The van der Waals surface area contributed by atoms with Crippen LogP contribution in [0.5, 0.6) is 0 Å². The molecular weight excluding hydrogens is 653 g/mol. The fourth-order valence-corrected chi connectivity index (χ4v) is 6.50. The van der Waals surface area contributed by atoms with Crippen LogP contribution in [-0.4, -0.2) is 82.3 Å². The molecular formula is C33H48N8O5S2. The van der Waals surface area contributed by atoms with Crippen LogP contribution in [0, 0.1) is 5.92 Å². The number of anilines is 1. The molecule has 0 spiro atoms. The molecule has 2 aliphatic rings. The molecule has 1 saturated heterocycles. The summed E-state index contributed by atoms with van der Waals surface area (Å²) >= 11 is 1.49. The van der Waals surface area contributed by atoms with Crippen molar-refractivity contribution in [3.8, 4) is 0 Å². The molecule has 1 unspecified atom stereocenters. The van der Waals surface area contributed by atoms with Crippen LogP contribution in [0.3, 0.4) is 0 Å². The normalized spacial score (nSPS) is 16.3. The maximum atomic E-state index is 13.0. The van der Waals surface area contributed by atoms with E-state index in [-0.39, 0.29) is 35.7 Å². The highest BCUT2D eigenvalue weighted by atomic mass is 32.2. The van der Waals surface area contributed by atoms with E-state index in [1.54, 1.807) is 11.7 Å². The van der Waals surface area contributed by atoms with Gasteiger partial charge >= 0.3 is 10.2 Å². The Bertz CT molecular complexity index is 1520. The van der Waals surface area contributed by atoms with Crippen molar-refractivity contribution in [1.82, 2.24) is 36.0 Å². The summed E-state index contributed by atoms with van der Waals surface area (Å²) in [5.41, 5.74) is 4.61. The summed E-state index contributed by atoms with van der Waals surface area (Å²) in [7, 11) is -1.76. The lowest BCUT2D eigenvalue weighted by molar-refractivity contribution is -0.109. The average Bonchev–Trinajstić information content (AvgIpc) is 3.78. The molecule has 5 rings (SSSR count). The monoisotopic (exact) mass is 700 g/mol. The maximum absolute atomic E-state index is 13.0. The molecule has 3 aromatic rings. The van der Waals surface area contributed by atoms with Crippen LogP contribution in [0.25, 0.3) is 0 Å². The van der Waals surface area contributed by atoms with E-state index in [1.807, 2.05) is 38.5 Å². The van der Waals surface area contributed by atoms with E-state index in [0.29, 0.717) is 43.9 Å². The van der Waals surface area contributed by atoms with Crippen molar-refractivity contribution in [2.75, 3.05) is 37.5 Å². The number of hydrogen-bond donors (Lipinski definition) is 5. The van der Waals surface area contributed by atoms with E-state index in [4.69, 9.17) is 0 Å². The van der Waals surface area contributed by atoms with Crippen LogP contribution >= 0.6 is 11.3 Å². The van der Waals surface area contributed by atoms with Gasteiger partial charge in [0.25, 0.3) is 5.91 Å². The second kappa shape index (κ2) is 19.9. The first-order valence-electron chi connectivity index (χ1n) is 16.1. The molecule has 2 amide bonds.